The van der Waals surface area contributed by atoms with Crippen LogP contribution in [0.15, 0.2) is 22.6 Å². The molecule has 2 fully saturated rings. The maximum atomic E-state index is 13.8. The van der Waals surface area contributed by atoms with Crippen LogP contribution in [0.1, 0.15) is 70.2 Å². The number of β-amino-alcohol motifs (C(OH)–C–C–N with tert-alkyl or cyclic N) is 1. The lowest BCUT2D eigenvalue weighted by Crippen LogP contribution is -2.39. The average molecular weight is 507 g/mol. The van der Waals surface area contributed by atoms with Crippen molar-refractivity contribution < 1.29 is 9.90 Å². The lowest BCUT2D eigenvalue weighted by atomic mass is 9.93. The smallest absolute Gasteiger partial charge is 0.255 e. The van der Waals surface area contributed by atoms with Gasteiger partial charge in [0.05, 0.1) is 23.4 Å². The van der Waals surface area contributed by atoms with Gasteiger partial charge in [0, 0.05) is 66.9 Å². The third kappa shape index (κ3) is 4.12. The first-order chi connectivity index (χ1) is 17.5. The third-order valence-electron chi connectivity index (χ3n) is 7.99. The molecule has 6 rings (SSSR count). The molecule has 0 radical (unpaired) electrons. The van der Waals surface area contributed by atoms with Gasteiger partial charge < -0.3 is 19.9 Å². The topological polar surface area (TPSA) is 86.3 Å². The van der Waals surface area contributed by atoms with Crippen LogP contribution in [0.25, 0.3) is 5.65 Å². The van der Waals surface area contributed by atoms with Gasteiger partial charge in [0.1, 0.15) is 5.82 Å². The lowest BCUT2D eigenvalue weighted by molar-refractivity contribution is 0.0605. The van der Waals surface area contributed by atoms with Crippen LogP contribution in [-0.2, 0) is 12.8 Å². The Morgan fingerprint density at radius 1 is 1.22 bits per heavy atom. The molecule has 3 aliphatic rings. The zero-order valence-corrected chi connectivity index (χ0v) is 21.9. The van der Waals surface area contributed by atoms with Gasteiger partial charge in [-0.1, -0.05) is 0 Å². The minimum Gasteiger partial charge on any atom is -0.391 e. The molecule has 0 aromatic carbocycles. The fourth-order valence-corrected chi connectivity index (χ4v) is 7.25. The highest BCUT2D eigenvalue weighted by Gasteiger charge is 2.34. The second-order valence-electron chi connectivity index (χ2n) is 10.4. The number of aliphatic hydroxyl groups excluding tert-OH is 1. The number of amides is 1. The van der Waals surface area contributed by atoms with Crippen LogP contribution in [-0.4, -0.2) is 69.5 Å². The summed E-state index contributed by atoms with van der Waals surface area (Å²) < 4.78 is 1.84. The molecule has 0 bridgehead atoms. The summed E-state index contributed by atoms with van der Waals surface area (Å²) in [6.45, 7) is 4.04. The zero-order chi connectivity index (χ0) is 24.8. The van der Waals surface area contributed by atoms with Gasteiger partial charge in [-0.3, -0.25) is 4.79 Å². The number of rotatable bonds is 4. The number of thiophene rings is 1. The summed E-state index contributed by atoms with van der Waals surface area (Å²) in [5, 5.41) is 17.4. The number of nitrogens with zero attached hydrogens (tertiary/aromatic N) is 6. The summed E-state index contributed by atoms with van der Waals surface area (Å²) in [4.78, 5) is 28.4. The van der Waals surface area contributed by atoms with Gasteiger partial charge >= 0.3 is 0 Å². The zero-order valence-electron chi connectivity index (χ0n) is 21.1. The number of hydrogen-bond acceptors (Lipinski definition) is 7. The van der Waals surface area contributed by atoms with Crippen molar-refractivity contribution in [2.24, 2.45) is 10.9 Å². The molecule has 0 unspecified atom stereocenters. The van der Waals surface area contributed by atoms with E-state index in [0.717, 1.165) is 66.9 Å². The van der Waals surface area contributed by atoms with Gasteiger partial charge in [0.2, 0.25) is 0 Å². The van der Waals surface area contributed by atoms with Crippen molar-refractivity contribution in [1.82, 2.24) is 19.5 Å². The van der Waals surface area contributed by atoms with Gasteiger partial charge in [-0.15, -0.1) is 11.3 Å². The largest absolute Gasteiger partial charge is 0.391 e. The maximum Gasteiger partial charge on any atom is 0.255 e. The van der Waals surface area contributed by atoms with E-state index in [1.165, 1.54) is 23.3 Å². The Morgan fingerprint density at radius 2 is 2.08 bits per heavy atom. The van der Waals surface area contributed by atoms with Gasteiger partial charge in [-0.25, -0.2) is 9.50 Å². The molecule has 1 amide bonds. The summed E-state index contributed by atoms with van der Waals surface area (Å²) >= 11 is 1.76. The Labute approximate surface area is 215 Å². The Morgan fingerprint density at radius 3 is 2.94 bits per heavy atom. The number of carbonyl (C=O) groups is 1. The summed E-state index contributed by atoms with van der Waals surface area (Å²) in [6, 6.07) is 2.01. The van der Waals surface area contributed by atoms with E-state index in [-0.39, 0.29) is 17.9 Å². The number of anilines is 1. The van der Waals surface area contributed by atoms with E-state index in [2.05, 4.69) is 20.2 Å². The Bertz CT molecular complexity index is 1310. The molecule has 9 heteroatoms. The molecule has 1 aliphatic carbocycles. The van der Waals surface area contributed by atoms with Crippen molar-refractivity contribution in [3.63, 3.8) is 0 Å². The Kier molecular flexibility index (Phi) is 6.29. The van der Waals surface area contributed by atoms with E-state index in [4.69, 9.17) is 10.1 Å². The summed E-state index contributed by atoms with van der Waals surface area (Å²) in [7, 11) is 1.74. The van der Waals surface area contributed by atoms with E-state index in [9.17, 15) is 9.90 Å². The third-order valence-corrected chi connectivity index (χ3v) is 9.08. The van der Waals surface area contributed by atoms with Gasteiger partial charge in [-0.2, -0.15) is 5.10 Å². The fraction of sp³-hybridized carbons (Fsp3) is 0.556. The highest BCUT2D eigenvalue weighted by molar-refractivity contribution is 7.10. The van der Waals surface area contributed by atoms with E-state index in [1.807, 2.05) is 29.9 Å². The normalized spacial score (nSPS) is 24.7. The SMILES string of the molecule is CN=C[C@@H]1CN(c2nc3cc([C@@H]4CCCCN4C(=O)c4csc5c4CCCC5)nn3cc2C)C[C@@H]1O. The monoisotopic (exact) mass is 506 g/mol. The minimum absolute atomic E-state index is 0.0116. The van der Waals surface area contributed by atoms with Crippen LogP contribution < -0.4 is 4.90 Å². The molecule has 3 atom stereocenters. The Hall–Kier alpha value is -2.78. The van der Waals surface area contributed by atoms with E-state index >= 15 is 0 Å². The predicted octanol–water partition coefficient (Wildman–Crippen LogP) is 3.84. The van der Waals surface area contributed by atoms with E-state index in [0.29, 0.717) is 13.1 Å². The second kappa shape index (κ2) is 9.59. The Balaban J connectivity index is 1.29. The number of likely N-dealkylation sites (tertiary alicyclic amines) is 1. The summed E-state index contributed by atoms with van der Waals surface area (Å²) in [5.74, 6) is 1.05. The number of carbonyl (C=O) groups excluding carboxylic acids is 1. The van der Waals surface area contributed by atoms with Crippen LogP contribution in [0, 0.1) is 12.8 Å². The molecule has 190 valence electrons. The number of fused-ring (bicyclic) bond motifs is 2. The molecule has 3 aromatic heterocycles. The first-order valence-electron chi connectivity index (χ1n) is 13.2. The molecule has 0 spiro atoms. The minimum atomic E-state index is -0.448. The maximum absolute atomic E-state index is 13.8. The molecule has 2 aliphatic heterocycles. The number of piperidine rings is 1. The highest BCUT2D eigenvalue weighted by Crippen LogP contribution is 2.36. The standard InChI is InChI=1S/C27H34N6O2S/c1-17-13-33-25(29-26(17)31-14-18(12-28-2)23(34)15-31)11-21(30-33)22-8-5-6-10-32(22)27(35)20-16-36-24-9-4-3-7-19(20)24/h11-13,16,18,22-23,34H,3-10,14-15H2,1-2H3/t18-,22+,23+/m1/s1. The van der Waals surface area contributed by atoms with Crippen molar-refractivity contribution in [2.45, 2.75) is 64.0 Å². The van der Waals surface area contributed by atoms with Gasteiger partial charge in [-0.05, 0) is 57.4 Å². The van der Waals surface area contributed by atoms with Crippen LogP contribution in [0.4, 0.5) is 5.82 Å². The van der Waals surface area contributed by atoms with E-state index < -0.39 is 6.10 Å². The van der Waals surface area contributed by atoms with Crippen LogP contribution in [0.3, 0.4) is 0 Å². The fourth-order valence-electron chi connectivity index (χ4n) is 6.14. The first kappa shape index (κ1) is 23.6. The van der Waals surface area contributed by atoms with Gasteiger partial charge in [0.15, 0.2) is 5.65 Å². The molecular weight excluding hydrogens is 472 g/mol. The number of aliphatic imine (C=N–C) groups is 1. The van der Waals surface area contributed by atoms with Crippen LogP contribution in [0.2, 0.25) is 0 Å². The van der Waals surface area contributed by atoms with Gasteiger partial charge in [0.25, 0.3) is 5.91 Å². The number of aryl methyl sites for hydroxylation is 2. The van der Waals surface area contributed by atoms with Crippen LogP contribution in [0.5, 0.6) is 0 Å². The van der Waals surface area contributed by atoms with Crippen LogP contribution >= 0.6 is 11.3 Å². The highest BCUT2D eigenvalue weighted by atomic mass is 32.1. The van der Waals surface area contributed by atoms with Crippen molar-refractivity contribution in [1.29, 1.82) is 0 Å². The molecule has 36 heavy (non-hydrogen) atoms. The first-order valence-corrected chi connectivity index (χ1v) is 14.0. The molecule has 5 heterocycles. The molecule has 2 saturated heterocycles. The average Bonchev–Trinajstić information content (AvgIpc) is 3.60. The summed E-state index contributed by atoms with van der Waals surface area (Å²) in [6.07, 6.45) is 11.0. The molecule has 3 aromatic rings. The van der Waals surface area contributed by atoms with Crippen molar-refractivity contribution in [3.8, 4) is 0 Å². The molecular formula is C27H34N6O2S. The predicted molar refractivity (Wildman–Crippen MR) is 142 cm³/mol. The summed E-state index contributed by atoms with van der Waals surface area (Å²) in [5.41, 5.74) is 4.91. The molecule has 0 saturated carbocycles. The van der Waals surface area contributed by atoms with E-state index in [1.54, 1.807) is 18.4 Å². The number of aromatic nitrogens is 3. The quantitative estimate of drug-likeness (QED) is 0.544. The number of aliphatic hydroxyl groups is 1. The second-order valence-corrected chi connectivity index (χ2v) is 11.4. The molecule has 8 nitrogen and oxygen atoms in total. The van der Waals surface area contributed by atoms with Crippen molar-refractivity contribution >= 4 is 34.9 Å². The lowest BCUT2D eigenvalue weighted by Gasteiger charge is -2.35. The number of hydrogen-bond donors (Lipinski definition) is 1. The van der Waals surface area contributed by atoms with Crippen molar-refractivity contribution in [2.75, 3.05) is 31.6 Å². The molecule has 1 N–H and O–H groups in total. The van der Waals surface area contributed by atoms with Crippen molar-refractivity contribution in [3.05, 3.63) is 44.9 Å².